The minimum Gasteiger partial charge on any atom is -0.497 e. The Hall–Kier alpha value is -3.64. The smallest absolute Gasteiger partial charge is 0.296 e. The lowest BCUT2D eigenvalue weighted by atomic mass is 10.2. The van der Waals surface area contributed by atoms with Gasteiger partial charge in [0.25, 0.3) is 5.69 Å². The van der Waals surface area contributed by atoms with Gasteiger partial charge >= 0.3 is 0 Å². The monoisotopic (exact) mass is 514 g/mol. The number of methoxy groups -OCH3 is 2. The molecule has 2 atom stereocenters. The predicted octanol–water partition coefficient (Wildman–Crippen LogP) is 3.75. The number of carbonyl (C=O) groups excluding carboxylic acids is 2. The summed E-state index contributed by atoms with van der Waals surface area (Å²) >= 11 is 1.20. The molecule has 2 aromatic rings. The van der Waals surface area contributed by atoms with Crippen molar-refractivity contribution in [2.75, 3.05) is 32.7 Å². The Morgan fingerprint density at radius 1 is 1.22 bits per heavy atom. The number of hydrogen-bond donors (Lipinski definition) is 1. The summed E-state index contributed by atoms with van der Waals surface area (Å²) in [5.74, 6) is 0.219. The van der Waals surface area contributed by atoms with Crippen LogP contribution in [0.1, 0.15) is 19.3 Å². The molecule has 0 radical (unpaired) electrons. The molecule has 0 saturated carbocycles. The fourth-order valence-electron chi connectivity index (χ4n) is 3.92. The van der Waals surface area contributed by atoms with Gasteiger partial charge in [0.15, 0.2) is 5.17 Å². The van der Waals surface area contributed by atoms with E-state index in [1.54, 1.807) is 36.3 Å². The summed E-state index contributed by atoms with van der Waals surface area (Å²) in [5, 5.41) is 13.7. The lowest BCUT2D eigenvalue weighted by molar-refractivity contribution is -0.384. The third-order valence-electron chi connectivity index (χ3n) is 5.77. The van der Waals surface area contributed by atoms with E-state index in [0.29, 0.717) is 35.5 Å². The van der Waals surface area contributed by atoms with Crippen molar-refractivity contribution in [3.8, 4) is 11.5 Å². The Kier molecular flexibility index (Phi) is 8.06. The van der Waals surface area contributed by atoms with Crippen LogP contribution in [0.15, 0.2) is 47.5 Å². The summed E-state index contributed by atoms with van der Waals surface area (Å²) in [5.41, 5.74) is 0.377. The summed E-state index contributed by atoms with van der Waals surface area (Å²) in [6.07, 6.45) is 1.51. The molecule has 4 rings (SSSR count). The second kappa shape index (κ2) is 11.4. The van der Waals surface area contributed by atoms with Crippen molar-refractivity contribution in [2.24, 2.45) is 4.99 Å². The van der Waals surface area contributed by atoms with Gasteiger partial charge in [-0.25, -0.2) is 4.99 Å². The van der Waals surface area contributed by atoms with Crippen molar-refractivity contribution in [2.45, 2.75) is 30.6 Å². The highest BCUT2D eigenvalue weighted by Crippen LogP contribution is 2.34. The number of nitro benzene ring substituents is 1. The maximum absolute atomic E-state index is 13.3. The van der Waals surface area contributed by atoms with Gasteiger partial charge < -0.3 is 19.5 Å². The van der Waals surface area contributed by atoms with Gasteiger partial charge in [-0.05, 0) is 49.2 Å². The first-order chi connectivity index (χ1) is 17.4. The Morgan fingerprint density at radius 2 is 1.94 bits per heavy atom. The number of nitrogens with zero attached hydrogens (tertiary/aromatic N) is 3. The maximum atomic E-state index is 13.3. The largest absolute Gasteiger partial charge is 0.497 e. The van der Waals surface area contributed by atoms with Crippen LogP contribution in [0.5, 0.6) is 11.5 Å². The third-order valence-corrected chi connectivity index (χ3v) is 6.95. The second-order valence-electron chi connectivity index (χ2n) is 8.18. The first-order valence-corrected chi connectivity index (χ1v) is 12.2. The van der Waals surface area contributed by atoms with Gasteiger partial charge in [0, 0.05) is 13.0 Å². The van der Waals surface area contributed by atoms with Crippen LogP contribution in [0.4, 0.5) is 17.1 Å². The van der Waals surface area contributed by atoms with Gasteiger partial charge in [-0.1, -0.05) is 11.8 Å². The molecule has 2 saturated heterocycles. The van der Waals surface area contributed by atoms with E-state index in [-0.39, 0.29) is 29.8 Å². The van der Waals surface area contributed by atoms with Crippen molar-refractivity contribution in [1.29, 1.82) is 0 Å². The van der Waals surface area contributed by atoms with Crippen molar-refractivity contribution < 1.29 is 28.7 Å². The van der Waals surface area contributed by atoms with Gasteiger partial charge in [-0.15, -0.1) is 0 Å². The third kappa shape index (κ3) is 5.94. The highest BCUT2D eigenvalue weighted by atomic mass is 32.2. The number of aliphatic imine (C=N–C) groups is 1. The maximum Gasteiger partial charge on any atom is 0.296 e. The van der Waals surface area contributed by atoms with E-state index in [4.69, 9.17) is 14.2 Å². The molecule has 0 aromatic heterocycles. The minimum atomic E-state index is -0.722. The standard InChI is InChI=1S/C24H26N4O7S/c1-33-16-7-5-15(6-8-16)25-24-27(14-18-4-3-11-35-18)23(30)21(36-24)13-22(29)26-19-10-9-17(34-2)12-20(19)28(31)32/h5-10,12,18,21H,3-4,11,13-14H2,1-2H3,(H,26,29)/t18-,21+/m1/s1. The van der Waals surface area contributed by atoms with Crippen molar-refractivity contribution in [3.05, 3.63) is 52.6 Å². The molecule has 36 heavy (non-hydrogen) atoms. The zero-order valence-corrected chi connectivity index (χ0v) is 20.7. The van der Waals surface area contributed by atoms with Gasteiger partial charge in [0.2, 0.25) is 11.8 Å². The van der Waals surface area contributed by atoms with Crippen molar-refractivity contribution in [1.82, 2.24) is 4.90 Å². The van der Waals surface area contributed by atoms with E-state index in [1.165, 1.54) is 37.1 Å². The van der Waals surface area contributed by atoms with Gasteiger partial charge in [-0.3, -0.25) is 24.6 Å². The molecule has 0 unspecified atom stereocenters. The van der Waals surface area contributed by atoms with E-state index in [1.807, 2.05) is 0 Å². The molecule has 11 nitrogen and oxygen atoms in total. The fourth-order valence-corrected chi connectivity index (χ4v) is 5.08. The second-order valence-corrected chi connectivity index (χ2v) is 9.35. The summed E-state index contributed by atoms with van der Waals surface area (Å²) in [7, 11) is 2.97. The molecule has 2 amide bonds. The zero-order valence-electron chi connectivity index (χ0n) is 19.8. The Bertz CT molecular complexity index is 1170. The number of amidine groups is 1. The molecule has 2 aromatic carbocycles. The zero-order chi connectivity index (χ0) is 25.7. The van der Waals surface area contributed by atoms with Crippen LogP contribution in [0.2, 0.25) is 0 Å². The van der Waals surface area contributed by atoms with Crippen LogP contribution in [0.3, 0.4) is 0 Å². The molecule has 1 N–H and O–H groups in total. The summed E-state index contributed by atoms with van der Waals surface area (Å²) < 4.78 is 15.9. The normalized spacial score (nSPS) is 20.6. The summed E-state index contributed by atoms with van der Waals surface area (Å²) in [6.45, 7) is 1.00. The fraction of sp³-hybridized carbons (Fsp3) is 0.375. The van der Waals surface area contributed by atoms with Gasteiger partial charge in [0.1, 0.15) is 22.4 Å². The number of rotatable bonds is 9. The molecule has 0 spiro atoms. The number of amides is 2. The van der Waals surface area contributed by atoms with Crippen LogP contribution in [0, 0.1) is 10.1 Å². The lowest BCUT2D eigenvalue weighted by Crippen LogP contribution is -2.38. The molecule has 2 aliphatic rings. The van der Waals surface area contributed by atoms with E-state index < -0.39 is 16.1 Å². The number of anilines is 1. The number of carbonyl (C=O) groups is 2. The number of thioether (sulfide) groups is 1. The highest BCUT2D eigenvalue weighted by Gasteiger charge is 2.40. The summed E-state index contributed by atoms with van der Waals surface area (Å²) in [4.78, 5) is 43.1. The Labute approximate surface area is 212 Å². The first kappa shape index (κ1) is 25.5. The quantitative estimate of drug-likeness (QED) is 0.395. The molecule has 0 aliphatic carbocycles. The average Bonchev–Trinajstić information content (AvgIpc) is 3.49. The predicted molar refractivity (Wildman–Crippen MR) is 135 cm³/mol. The van der Waals surface area contributed by atoms with E-state index >= 15 is 0 Å². The molecule has 12 heteroatoms. The van der Waals surface area contributed by atoms with Crippen molar-refractivity contribution in [3.63, 3.8) is 0 Å². The van der Waals surface area contributed by atoms with E-state index in [0.717, 1.165) is 12.8 Å². The first-order valence-electron chi connectivity index (χ1n) is 11.3. The molecule has 0 bridgehead atoms. The number of nitrogens with one attached hydrogen (secondary N) is 1. The Balaban J connectivity index is 1.51. The molecule has 2 aliphatic heterocycles. The lowest BCUT2D eigenvalue weighted by Gasteiger charge is -2.20. The van der Waals surface area contributed by atoms with Crippen LogP contribution < -0.4 is 14.8 Å². The van der Waals surface area contributed by atoms with Crippen LogP contribution >= 0.6 is 11.8 Å². The van der Waals surface area contributed by atoms with Crippen LogP contribution in [-0.4, -0.2) is 65.5 Å². The van der Waals surface area contributed by atoms with E-state index in [2.05, 4.69) is 10.3 Å². The summed E-state index contributed by atoms with van der Waals surface area (Å²) in [6, 6.07) is 11.3. The minimum absolute atomic E-state index is 0.0320. The molecule has 2 fully saturated rings. The van der Waals surface area contributed by atoms with Gasteiger partial charge in [0.05, 0.1) is 43.5 Å². The number of ether oxygens (including phenoxy) is 3. The SMILES string of the molecule is COc1ccc(N=C2S[C@@H](CC(=O)Nc3ccc(OC)cc3[N+](=O)[O-])C(=O)N2C[C@H]2CCCO2)cc1. The molecular formula is C24H26N4O7S. The van der Waals surface area contributed by atoms with E-state index in [9.17, 15) is 19.7 Å². The number of hydrogen-bond acceptors (Lipinski definition) is 9. The van der Waals surface area contributed by atoms with Gasteiger partial charge in [-0.2, -0.15) is 0 Å². The topological polar surface area (TPSA) is 133 Å². The van der Waals surface area contributed by atoms with Crippen LogP contribution in [0.25, 0.3) is 0 Å². The van der Waals surface area contributed by atoms with Crippen LogP contribution in [-0.2, 0) is 14.3 Å². The average molecular weight is 515 g/mol. The number of benzene rings is 2. The van der Waals surface area contributed by atoms with Crippen molar-refractivity contribution >= 4 is 45.8 Å². The number of nitro groups is 1. The highest BCUT2D eigenvalue weighted by molar-refractivity contribution is 8.15. The molecule has 2 heterocycles. The Morgan fingerprint density at radius 3 is 2.58 bits per heavy atom. The molecule has 190 valence electrons. The molecular weight excluding hydrogens is 488 g/mol.